The van der Waals surface area contributed by atoms with Gasteiger partial charge in [0, 0.05) is 43.6 Å². The van der Waals surface area contributed by atoms with Gasteiger partial charge in [-0.25, -0.2) is 9.97 Å². The molecular weight excluding hydrogens is 310 g/mol. The summed E-state index contributed by atoms with van der Waals surface area (Å²) in [6.07, 6.45) is 7.67. The molecule has 5 nitrogen and oxygen atoms in total. The first-order valence-electron chi connectivity index (χ1n) is 9.39. The highest BCUT2D eigenvalue weighted by molar-refractivity contribution is 5.43. The Kier molecular flexibility index (Phi) is 5.74. The quantitative estimate of drug-likeness (QED) is 0.808. The molecule has 3 rings (SSSR count). The largest absolute Gasteiger partial charge is 0.356 e. The zero-order valence-corrected chi connectivity index (χ0v) is 16.1. The molecule has 0 N–H and O–H groups in total. The first kappa shape index (κ1) is 17.9. The van der Waals surface area contributed by atoms with Gasteiger partial charge >= 0.3 is 0 Å². The summed E-state index contributed by atoms with van der Waals surface area (Å²) in [6.45, 7) is 8.49. The third-order valence-electron chi connectivity index (χ3n) is 4.95. The number of pyridine rings is 1. The predicted molar refractivity (Wildman–Crippen MR) is 103 cm³/mol. The van der Waals surface area contributed by atoms with Crippen LogP contribution < -0.4 is 4.90 Å². The lowest BCUT2D eigenvalue weighted by molar-refractivity contribution is 0.380. The van der Waals surface area contributed by atoms with E-state index in [0.29, 0.717) is 5.92 Å². The van der Waals surface area contributed by atoms with Gasteiger partial charge in [-0.3, -0.25) is 0 Å². The van der Waals surface area contributed by atoms with Crippen LogP contribution in [0.25, 0.3) is 0 Å². The van der Waals surface area contributed by atoms with Gasteiger partial charge in [-0.1, -0.05) is 0 Å². The number of anilines is 1. The van der Waals surface area contributed by atoms with Gasteiger partial charge in [-0.2, -0.15) is 0 Å². The van der Waals surface area contributed by atoms with E-state index < -0.39 is 0 Å². The van der Waals surface area contributed by atoms with Crippen LogP contribution in [0.15, 0.2) is 24.5 Å². The average molecular weight is 342 g/mol. The van der Waals surface area contributed by atoms with E-state index in [-0.39, 0.29) is 0 Å². The maximum Gasteiger partial charge on any atom is 0.129 e. The lowest BCUT2D eigenvalue weighted by Gasteiger charge is -2.34. The highest BCUT2D eigenvalue weighted by Crippen LogP contribution is 2.29. The van der Waals surface area contributed by atoms with Crippen LogP contribution in [-0.2, 0) is 6.54 Å². The van der Waals surface area contributed by atoms with Gasteiger partial charge in [0.2, 0.25) is 0 Å². The van der Waals surface area contributed by atoms with Gasteiger partial charge in [0.15, 0.2) is 0 Å². The van der Waals surface area contributed by atoms with Crippen LogP contribution in [0.2, 0.25) is 0 Å². The van der Waals surface area contributed by atoms with Crippen molar-refractivity contribution in [3.63, 3.8) is 0 Å². The minimum atomic E-state index is 0.491. The summed E-state index contributed by atoms with van der Waals surface area (Å²) in [7, 11) is 4.26. The Morgan fingerprint density at radius 3 is 2.84 bits per heavy atom. The first-order chi connectivity index (χ1) is 12.0. The number of aryl methyl sites for hydroxylation is 3. The molecule has 0 bridgehead atoms. The number of imidazole rings is 1. The Hall–Kier alpha value is -1.88. The van der Waals surface area contributed by atoms with Crippen molar-refractivity contribution in [1.29, 1.82) is 0 Å². The Morgan fingerprint density at radius 1 is 1.24 bits per heavy atom. The molecule has 0 amide bonds. The summed E-state index contributed by atoms with van der Waals surface area (Å²) in [5.74, 6) is 2.85. The molecule has 1 saturated heterocycles. The number of hydrogen-bond acceptors (Lipinski definition) is 4. The Morgan fingerprint density at radius 2 is 2.08 bits per heavy atom. The first-order valence-corrected chi connectivity index (χ1v) is 9.39. The normalized spacial score (nSPS) is 18.1. The van der Waals surface area contributed by atoms with Crippen LogP contribution in [-0.4, -0.2) is 53.2 Å². The predicted octanol–water partition coefficient (Wildman–Crippen LogP) is 3.23. The second-order valence-electron chi connectivity index (χ2n) is 7.56. The fourth-order valence-corrected chi connectivity index (χ4v) is 3.80. The molecule has 2 aromatic rings. The Labute approximate surface area is 151 Å². The smallest absolute Gasteiger partial charge is 0.129 e. The van der Waals surface area contributed by atoms with Crippen LogP contribution in [0, 0.1) is 13.8 Å². The van der Waals surface area contributed by atoms with Gasteiger partial charge in [-0.05, 0) is 71.4 Å². The van der Waals surface area contributed by atoms with Crippen LogP contribution in [0.3, 0.4) is 0 Å². The number of aromatic nitrogens is 3. The number of nitrogens with zero attached hydrogens (tertiary/aromatic N) is 5. The molecule has 1 aliphatic rings. The van der Waals surface area contributed by atoms with Crippen molar-refractivity contribution in [3.8, 4) is 0 Å². The van der Waals surface area contributed by atoms with E-state index in [9.17, 15) is 0 Å². The molecular formula is C20H31N5. The van der Waals surface area contributed by atoms with E-state index in [1.807, 2.05) is 6.20 Å². The topological polar surface area (TPSA) is 37.2 Å². The second-order valence-corrected chi connectivity index (χ2v) is 7.56. The average Bonchev–Trinajstić information content (AvgIpc) is 3.02. The van der Waals surface area contributed by atoms with Crippen molar-refractivity contribution in [3.05, 3.63) is 41.6 Å². The SMILES string of the molecule is Cc1cc(C)nc(N2CCCC(c3nccn3CCCN(C)C)C2)c1. The van der Waals surface area contributed by atoms with Crippen molar-refractivity contribution in [1.82, 2.24) is 19.4 Å². The minimum absolute atomic E-state index is 0.491. The molecule has 25 heavy (non-hydrogen) atoms. The van der Waals surface area contributed by atoms with E-state index in [1.165, 1.54) is 24.2 Å². The van der Waals surface area contributed by atoms with Gasteiger partial charge in [0.25, 0.3) is 0 Å². The number of hydrogen-bond donors (Lipinski definition) is 0. The lowest BCUT2D eigenvalue weighted by atomic mass is 9.97. The molecule has 0 aromatic carbocycles. The van der Waals surface area contributed by atoms with E-state index in [1.54, 1.807) is 0 Å². The van der Waals surface area contributed by atoms with Crippen LogP contribution in [0.1, 0.15) is 42.3 Å². The second kappa shape index (κ2) is 8.00. The van der Waals surface area contributed by atoms with Crippen molar-refractivity contribution >= 4 is 5.82 Å². The van der Waals surface area contributed by atoms with Crippen molar-refractivity contribution in [2.75, 3.05) is 38.6 Å². The fraction of sp³-hybridized carbons (Fsp3) is 0.600. The number of rotatable bonds is 6. The van der Waals surface area contributed by atoms with Gasteiger partial charge in [-0.15, -0.1) is 0 Å². The third kappa shape index (κ3) is 4.60. The molecule has 1 fully saturated rings. The molecule has 0 radical (unpaired) electrons. The van der Waals surface area contributed by atoms with E-state index in [0.717, 1.165) is 44.1 Å². The van der Waals surface area contributed by atoms with Crippen LogP contribution >= 0.6 is 0 Å². The highest BCUT2D eigenvalue weighted by Gasteiger charge is 2.25. The Balaban J connectivity index is 1.70. The van der Waals surface area contributed by atoms with Crippen LogP contribution in [0.5, 0.6) is 0 Å². The molecule has 0 aliphatic carbocycles. The highest BCUT2D eigenvalue weighted by atomic mass is 15.2. The standard InChI is InChI=1S/C20H31N5/c1-16-13-17(2)22-19(14-16)25-10-5-7-18(15-25)20-21-8-12-24(20)11-6-9-23(3)4/h8,12-14,18H,5-7,9-11,15H2,1-4H3. The molecule has 1 atom stereocenters. The molecule has 0 spiro atoms. The summed E-state index contributed by atoms with van der Waals surface area (Å²) in [4.78, 5) is 14.1. The molecule has 136 valence electrons. The summed E-state index contributed by atoms with van der Waals surface area (Å²) in [6, 6.07) is 4.35. The molecule has 1 unspecified atom stereocenters. The maximum atomic E-state index is 4.76. The summed E-state index contributed by atoms with van der Waals surface area (Å²) >= 11 is 0. The van der Waals surface area contributed by atoms with Crippen molar-refractivity contribution in [2.24, 2.45) is 0 Å². The minimum Gasteiger partial charge on any atom is -0.356 e. The monoisotopic (exact) mass is 341 g/mol. The third-order valence-corrected chi connectivity index (χ3v) is 4.95. The fourth-order valence-electron chi connectivity index (χ4n) is 3.80. The van der Waals surface area contributed by atoms with Crippen molar-refractivity contribution in [2.45, 2.75) is 45.6 Å². The molecule has 2 aromatic heterocycles. The summed E-state index contributed by atoms with van der Waals surface area (Å²) in [5.41, 5.74) is 2.39. The molecule has 1 aliphatic heterocycles. The van der Waals surface area contributed by atoms with Crippen LogP contribution in [0.4, 0.5) is 5.82 Å². The molecule has 0 saturated carbocycles. The zero-order chi connectivity index (χ0) is 17.8. The Bertz CT molecular complexity index is 671. The van der Waals surface area contributed by atoms with Crippen molar-refractivity contribution < 1.29 is 0 Å². The molecule has 3 heterocycles. The van der Waals surface area contributed by atoms with E-state index >= 15 is 0 Å². The summed E-state index contributed by atoms with van der Waals surface area (Å²) in [5, 5.41) is 0. The van der Waals surface area contributed by atoms with E-state index in [4.69, 9.17) is 9.97 Å². The van der Waals surface area contributed by atoms with Gasteiger partial charge < -0.3 is 14.4 Å². The van der Waals surface area contributed by atoms with Gasteiger partial charge in [0.05, 0.1) is 0 Å². The summed E-state index contributed by atoms with van der Waals surface area (Å²) < 4.78 is 2.35. The maximum absolute atomic E-state index is 4.76. The zero-order valence-electron chi connectivity index (χ0n) is 16.1. The lowest BCUT2D eigenvalue weighted by Crippen LogP contribution is -2.36. The van der Waals surface area contributed by atoms with E-state index in [2.05, 4.69) is 60.6 Å². The number of piperidine rings is 1. The van der Waals surface area contributed by atoms with Gasteiger partial charge in [0.1, 0.15) is 11.6 Å². The molecule has 5 heteroatoms.